The summed E-state index contributed by atoms with van der Waals surface area (Å²) in [7, 11) is 1.54. The van der Waals surface area contributed by atoms with Gasteiger partial charge in [0.1, 0.15) is 6.61 Å². The Labute approximate surface area is 184 Å². The molecule has 3 aromatic rings. The summed E-state index contributed by atoms with van der Waals surface area (Å²) < 4.78 is 11.2. The average molecular weight is 439 g/mol. The van der Waals surface area contributed by atoms with Crippen molar-refractivity contribution in [3.05, 3.63) is 99.1 Å². The van der Waals surface area contributed by atoms with Crippen LogP contribution in [0.2, 0.25) is 5.02 Å². The van der Waals surface area contributed by atoms with Gasteiger partial charge in [0.2, 0.25) is 5.91 Å². The monoisotopic (exact) mass is 438 g/mol. The molecule has 0 aromatic heterocycles. The molecule has 158 valence electrons. The smallest absolute Gasteiger partial charge is 0.269 e. The molecule has 0 radical (unpaired) electrons. The van der Waals surface area contributed by atoms with Gasteiger partial charge in [-0.1, -0.05) is 29.8 Å². The maximum Gasteiger partial charge on any atom is 0.269 e. The summed E-state index contributed by atoms with van der Waals surface area (Å²) in [6.07, 6.45) is 3.00. The topological polar surface area (TPSA) is 90.7 Å². The lowest BCUT2D eigenvalue weighted by Crippen LogP contribution is -2.07. The molecule has 0 aliphatic heterocycles. The highest BCUT2D eigenvalue weighted by atomic mass is 35.5. The van der Waals surface area contributed by atoms with Gasteiger partial charge < -0.3 is 14.8 Å². The number of halogens is 1. The fourth-order valence-electron chi connectivity index (χ4n) is 2.67. The molecule has 0 saturated heterocycles. The number of carbonyl (C=O) groups is 1. The van der Waals surface area contributed by atoms with Crippen LogP contribution in [0.1, 0.15) is 11.1 Å². The molecule has 0 aliphatic rings. The Morgan fingerprint density at radius 3 is 2.42 bits per heavy atom. The molecule has 8 heteroatoms. The van der Waals surface area contributed by atoms with Crippen LogP contribution in [-0.2, 0) is 11.4 Å². The lowest BCUT2D eigenvalue weighted by Gasteiger charge is -2.11. The average Bonchev–Trinajstić information content (AvgIpc) is 2.78. The van der Waals surface area contributed by atoms with E-state index in [-0.39, 0.29) is 11.6 Å². The first kappa shape index (κ1) is 21.9. The first-order chi connectivity index (χ1) is 14.9. The lowest BCUT2D eigenvalue weighted by atomic mass is 10.2. The molecule has 0 saturated carbocycles. The van der Waals surface area contributed by atoms with Crippen molar-refractivity contribution in [1.29, 1.82) is 0 Å². The molecule has 1 amide bonds. The van der Waals surface area contributed by atoms with E-state index in [1.807, 2.05) is 12.1 Å². The summed E-state index contributed by atoms with van der Waals surface area (Å²) in [6, 6.07) is 18.3. The molecule has 1 N–H and O–H groups in total. The molecular formula is C23H19ClN2O5. The molecule has 0 atom stereocenters. The van der Waals surface area contributed by atoms with E-state index >= 15 is 0 Å². The first-order valence-corrected chi connectivity index (χ1v) is 9.61. The highest BCUT2D eigenvalue weighted by Gasteiger charge is 2.07. The van der Waals surface area contributed by atoms with Crippen LogP contribution in [-0.4, -0.2) is 17.9 Å². The van der Waals surface area contributed by atoms with Gasteiger partial charge in [-0.2, -0.15) is 0 Å². The van der Waals surface area contributed by atoms with Crippen LogP contribution in [0.5, 0.6) is 11.5 Å². The molecule has 0 heterocycles. The third-order valence-corrected chi connectivity index (χ3v) is 4.52. The fraction of sp³-hybridized carbons (Fsp3) is 0.0870. The zero-order chi connectivity index (χ0) is 22.2. The number of ether oxygens (including phenoxy) is 2. The maximum atomic E-state index is 12.1. The van der Waals surface area contributed by atoms with Crippen molar-refractivity contribution in [2.45, 2.75) is 6.61 Å². The maximum absolute atomic E-state index is 12.1. The number of amides is 1. The minimum absolute atomic E-state index is 0.0426. The minimum Gasteiger partial charge on any atom is -0.493 e. The van der Waals surface area contributed by atoms with Gasteiger partial charge in [-0.15, -0.1) is 0 Å². The Balaban J connectivity index is 1.61. The summed E-state index contributed by atoms with van der Waals surface area (Å²) in [5, 5.41) is 14.0. The first-order valence-electron chi connectivity index (χ1n) is 9.23. The van der Waals surface area contributed by atoms with Crippen molar-refractivity contribution in [2.24, 2.45) is 0 Å². The van der Waals surface area contributed by atoms with Crippen LogP contribution >= 0.6 is 11.6 Å². The van der Waals surface area contributed by atoms with E-state index < -0.39 is 4.92 Å². The van der Waals surface area contributed by atoms with E-state index in [4.69, 9.17) is 21.1 Å². The van der Waals surface area contributed by atoms with Crippen molar-refractivity contribution >= 4 is 35.0 Å². The Morgan fingerprint density at radius 2 is 1.77 bits per heavy atom. The number of nitrogens with one attached hydrogen (secondary N) is 1. The van der Waals surface area contributed by atoms with Crippen LogP contribution in [0, 0.1) is 10.1 Å². The van der Waals surface area contributed by atoms with Gasteiger partial charge in [0.25, 0.3) is 5.69 Å². The molecule has 0 fully saturated rings. The molecule has 0 spiro atoms. The lowest BCUT2D eigenvalue weighted by molar-refractivity contribution is -0.384. The van der Waals surface area contributed by atoms with E-state index in [0.29, 0.717) is 28.8 Å². The van der Waals surface area contributed by atoms with Gasteiger partial charge in [-0.3, -0.25) is 14.9 Å². The molecule has 3 aromatic carbocycles. The van der Waals surface area contributed by atoms with Crippen molar-refractivity contribution in [2.75, 3.05) is 12.4 Å². The predicted octanol–water partition coefficient (Wildman–Crippen LogP) is 5.49. The van der Waals surface area contributed by atoms with Crippen LogP contribution in [0.25, 0.3) is 6.08 Å². The Morgan fingerprint density at radius 1 is 1.06 bits per heavy atom. The number of nitrogens with zero attached hydrogens (tertiary/aromatic N) is 1. The number of non-ortho nitro benzene ring substituents is 1. The Hall–Kier alpha value is -3.84. The van der Waals surface area contributed by atoms with Crippen molar-refractivity contribution in [3.8, 4) is 11.5 Å². The van der Waals surface area contributed by atoms with Crippen LogP contribution < -0.4 is 14.8 Å². The number of nitro groups is 1. The zero-order valence-corrected chi connectivity index (χ0v) is 17.3. The van der Waals surface area contributed by atoms with Gasteiger partial charge in [0.15, 0.2) is 11.5 Å². The third-order valence-electron chi connectivity index (χ3n) is 4.27. The number of anilines is 1. The summed E-state index contributed by atoms with van der Waals surface area (Å²) in [5.41, 5.74) is 2.13. The number of hydrogen-bond donors (Lipinski definition) is 1. The van der Waals surface area contributed by atoms with E-state index in [9.17, 15) is 14.9 Å². The van der Waals surface area contributed by atoms with Crippen molar-refractivity contribution in [1.82, 2.24) is 0 Å². The minimum atomic E-state index is -0.498. The number of rotatable bonds is 8. The molecule has 0 bridgehead atoms. The Bertz CT molecular complexity index is 1100. The fourth-order valence-corrected chi connectivity index (χ4v) is 2.80. The molecule has 0 aliphatic carbocycles. The van der Waals surface area contributed by atoms with Crippen molar-refractivity contribution in [3.63, 3.8) is 0 Å². The van der Waals surface area contributed by atoms with Crippen LogP contribution in [0.4, 0.5) is 11.4 Å². The number of methoxy groups -OCH3 is 1. The molecule has 3 rings (SSSR count). The highest BCUT2D eigenvalue weighted by molar-refractivity contribution is 6.30. The van der Waals surface area contributed by atoms with Crippen molar-refractivity contribution < 1.29 is 19.2 Å². The number of nitro benzene ring substituents is 1. The quantitative estimate of drug-likeness (QED) is 0.285. The number of carbonyl (C=O) groups excluding carboxylic acids is 1. The third kappa shape index (κ3) is 6.32. The van der Waals surface area contributed by atoms with Gasteiger partial charge in [0, 0.05) is 28.9 Å². The summed E-state index contributed by atoms with van der Waals surface area (Å²) in [6.45, 7) is 0.361. The SMILES string of the molecule is COc1cc(/C=C/C(=O)Nc2ccc([N+](=O)[O-])cc2)ccc1OCc1ccc(Cl)cc1. The van der Waals surface area contributed by atoms with Crippen LogP contribution in [0.15, 0.2) is 72.8 Å². The van der Waals surface area contributed by atoms with E-state index in [2.05, 4.69) is 5.32 Å². The van der Waals surface area contributed by atoms with E-state index in [1.54, 1.807) is 43.5 Å². The number of hydrogen-bond acceptors (Lipinski definition) is 5. The second-order valence-electron chi connectivity index (χ2n) is 6.45. The molecule has 31 heavy (non-hydrogen) atoms. The molecular weight excluding hydrogens is 420 g/mol. The highest BCUT2D eigenvalue weighted by Crippen LogP contribution is 2.29. The van der Waals surface area contributed by atoms with Gasteiger partial charge in [0.05, 0.1) is 12.0 Å². The van der Waals surface area contributed by atoms with Crippen LogP contribution in [0.3, 0.4) is 0 Å². The zero-order valence-electron chi connectivity index (χ0n) is 16.6. The second kappa shape index (κ2) is 10.3. The molecule has 0 unspecified atom stereocenters. The second-order valence-corrected chi connectivity index (χ2v) is 6.89. The number of benzene rings is 3. The van der Waals surface area contributed by atoms with Gasteiger partial charge >= 0.3 is 0 Å². The Kier molecular flexibility index (Phi) is 7.24. The standard InChI is InChI=1S/C23H19ClN2O5/c1-30-22-14-16(4-12-21(22)31-15-17-2-6-18(24)7-3-17)5-13-23(27)25-19-8-10-20(11-9-19)26(28)29/h2-14H,15H2,1H3,(H,25,27)/b13-5+. The normalized spacial score (nSPS) is 10.6. The largest absolute Gasteiger partial charge is 0.493 e. The summed E-state index contributed by atoms with van der Waals surface area (Å²) in [4.78, 5) is 22.3. The summed E-state index contributed by atoms with van der Waals surface area (Å²) in [5.74, 6) is 0.743. The van der Waals surface area contributed by atoms with Gasteiger partial charge in [-0.25, -0.2) is 0 Å². The van der Waals surface area contributed by atoms with E-state index in [0.717, 1.165) is 11.1 Å². The predicted molar refractivity (Wildman–Crippen MR) is 120 cm³/mol. The van der Waals surface area contributed by atoms with Gasteiger partial charge in [-0.05, 0) is 53.6 Å². The van der Waals surface area contributed by atoms with E-state index in [1.165, 1.54) is 30.3 Å². The molecule has 7 nitrogen and oxygen atoms in total. The summed E-state index contributed by atoms with van der Waals surface area (Å²) >= 11 is 5.89.